The SMILES string of the molecule is CN=C(NCCc1ccc(OC)cc1Cl)NCCc1c(C)noc1C.I. The fourth-order valence-electron chi connectivity index (χ4n) is 2.56. The summed E-state index contributed by atoms with van der Waals surface area (Å²) in [7, 11) is 3.39. The highest BCUT2D eigenvalue weighted by Gasteiger charge is 2.09. The van der Waals surface area contributed by atoms with Crippen molar-refractivity contribution in [2.24, 2.45) is 4.99 Å². The molecule has 6 nitrogen and oxygen atoms in total. The third-order valence-corrected chi connectivity index (χ3v) is 4.37. The molecular formula is C18H26ClIN4O2. The minimum atomic E-state index is 0. The molecule has 1 aromatic carbocycles. The van der Waals surface area contributed by atoms with Gasteiger partial charge < -0.3 is 19.9 Å². The number of aliphatic imine (C=N–C) groups is 1. The molecule has 8 heteroatoms. The number of aryl methyl sites for hydroxylation is 2. The first-order valence-corrected chi connectivity index (χ1v) is 8.61. The van der Waals surface area contributed by atoms with Crippen LogP contribution in [0, 0.1) is 13.8 Å². The number of nitrogens with zero attached hydrogens (tertiary/aromatic N) is 2. The highest BCUT2D eigenvalue weighted by molar-refractivity contribution is 14.0. The lowest BCUT2D eigenvalue weighted by Gasteiger charge is -2.12. The summed E-state index contributed by atoms with van der Waals surface area (Å²) in [5.74, 6) is 2.39. The fourth-order valence-corrected chi connectivity index (χ4v) is 2.82. The molecule has 2 aromatic rings. The van der Waals surface area contributed by atoms with E-state index in [0.29, 0.717) is 5.02 Å². The second-order valence-corrected chi connectivity index (χ2v) is 6.09. The Morgan fingerprint density at radius 3 is 2.46 bits per heavy atom. The molecule has 0 saturated carbocycles. The number of hydrogen-bond donors (Lipinski definition) is 2. The highest BCUT2D eigenvalue weighted by Crippen LogP contribution is 2.22. The van der Waals surface area contributed by atoms with Gasteiger partial charge in [-0.25, -0.2) is 0 Å². The summed E-state index contributed by atoms with van der Waals surface area (Å²) in [6, 6.07) is 5.72. The minimum Gasteiger partial charge on any atom is -0.497 e. The van der Waals surface area contributed by atoms with Crippen molar-refractivity contribution in [2.75, 3.05) is 27.2 Å². The van der Waals surface area contributed by atoms with Crippen LogP contribution in [-0.4, -0.2) is 38.4 Å². The maximum Gasteiger partial charge on any atom is 0.190 e. The van der Waals surface area contributed by atoms with Crippen LogP contribution in [0.15, 0.2) is 27.7 Å². The van der Waals surface area contributed by atoms with Gasteiger partial charge in [0.15, 0.2) is 5.96 Å². The van der Waals surface area contributed by atoms with Gasteiger partial charge in [-0.15, -0.1) is 24.0 Å². The highest BCUT2D eigenvalue weighted by atomic mass is 127. The van der Waals surface area contributed by atoms with Crippen molar-refractivity contribution in [1.29, 1.82) is 0 Å². The van der Waals surface area contributed by atoms with E-state index in [1.165, 1.54) is 0 Å². The second-order valence-electron chi connectivity index (χ2n) is 5.69. The van der Waals surface area contributed by atoms with Crippen LogP contribution in [0.1, 0.15) is 22.6 Å². The molecule has 0 atom stereocenters. The number of guanidine groups is 1. The summed E-state index contributed by atoms with van der Waals surface area (Å²) < 4.78 is 10.3. The zero-order chi connectivity index (χ0) is 18.2. The molecule has 0 aliphatic heterocycles. The van der Waals surface area contributed by atoms with E-state index in [9.17, 15) is 0 Å². The second kappa shape index (κ2) is 11.3. The van der Waals surface area contributed by atoms with Gasteiger partial charge in [-0.1, -0.05) is 22.8 Å². The largest absolute Gasteiger partial charge is 0.497 e. The van der Waals surface area contributed by atoms with E-state index in [1.807, 2.05) is 32.0 Å². The molecule has 0 fully saturated rings. The van der Waals surface area contributed by atoms with Crippen LogP contribution in [0.4, 0.5) is 0 Å². The summed E-state index contributed by atoms with van der Waals surface area (Å²) >= 11 is 6.26. The zero-order valence-corrected chi connectivity index (χ0v) is 18.6. The Kier molecular flexibility index (Phi) is 9.79. The van der Waals surface area contributed by atoms with Gasteiger partial charge in [0, 0.05) is 30.7 Å². The van der Waals surface area contributed by atoms with Gasteiger partial charge in [0.2, 0.25) is 0 Å². The summed E-state index contributed by atoms with van der Waals surface area (Å²) in [5.41, 5.74) is 3.16. The molecule has 0 aliphatic carbocycles. The van der Waals surface area contributed by atoms with Crippen molar-refractivity contribution in [3.05, 3.63) is 45.8 Å². The van der Waals surface area contributed by atoms with E-state index in [-0.39, 0.29) is 24.0 Å². The first kappa shape index (κ1) is 22.6. The predicted molar refractivity (Wildman–Crippen MR) is 116 cm³/mol. The predicted octanol–water partition coefficient (Wildman–Crippen LogP) is 3.52. The van der Waals surface area contributed by atoms with Crippen molar-refractivity contribution in [3.8, 4) is 5.75 Å². The quantitative estimate of drug-likeness (QED) is 0.352. The molecule has 0 radical (unpaired) electrons. The van der Waals surface area contributed by atoms with Gasteiger partial charge >= 0.3 is 0 Å². The fraction of sp³-hybridized carbons (Fsp3) is 0.444. The van der Waals surface area contributed by atoms with Crippen LogP contribution < -0.4 is 15.4 Å². The van der Waals surface area contributed by atoms with Crippen LogP contribution in [0.2, 0.25) is 5.02 Å². The maximum atomic E-state index is 6.26. The standard InChI is InChI=1S/C18H25ClN4O2.HI/c1-12-16(13(2)25-23-12)8-10-22-18(20-3)21-9-7-14-5-6-15(24-4)11-17(14)19;/h5-6,11H,7-10H2,1-4H3,(H2,20,21,22);1H. The number of nitrogens with one attached hydrogen (secondary N) is 2. The minimum absolute atomic E-state index is 0. The van der Waals surface area contributed by atoms with E-state index in [1.54, 1.807) is 14.2 Å². The molecule has 0 spiro atoms. The van der Waals surface area contributed by atoms with Crippen molar-refractivity contribution in [2.45, 2.75) is 26.7 Å². The topological polar surface area (TPSA) is 71.7 Å². The summed E-state index contributed by atoms with van der Waals surface area (Å²) in [4.78, 5) is 4.24. The van der Waals surface area contributed by atoms with Crippen molar-refractivity contribution in [1.82, 2.24) is 15.8 Å². The Balaban J connectivity index is 0.00000338. The zero-order valence-electron chi connectivity index (χ0n) is 15.6. The van der Waals surface area contributed by atoms with Gasteiger partial charge in [-0.2, -0.15) is 0 Å². The summed E-state index contributed by atoms with van der Waals surface area (Å²) in [5, 5.41) is 11.3. The van der Waals surface area contributed by atoms with E-state index in [4.69, 9.17) is 20.9 Å². The van der Waals surface area contributed by atoms with Crippen LogP contribution in [0.3, 0.4) is 0 Å². The summed E-state index contributed by atoms with van der Waals surface area (Å²) in [6.07, 6.45) is 1.64. The lowest BCUT2D eigenvalue weighted by molar-refractivity contribution is 0.392. The molecule has 144 valence electrons. The molecule has 0 aliphatic rings. The Bertz CT molecular complexity index is 714. The van der Waals surface area contributed by atoms with E-state index >= 15 is 0 Å². The van der Waals surface area contributed by atoms with Crippen molar-refractivity contribution < 1.29 is 9.26 Å². The van der Waals surface area contributed by atoms with E-state index in [0.717, 1.165) is 60.2 Å². The first-order chi connectivity index (χ1) is 12.0. The average molecular weight is 493 g/mol. The average Bonchev–Trinajstić information content (AvgIpc) is 2.93. The molecule has 0 saturated heterocycles. The lowest BCUT2D eigenvalue weighted by Crippen LogP contribution is -2.39. The monoisotopic (exact) mass is 492 g/mol. The number of methoxy groups -OCH3 is 1. The Hall–Kier alpha value is -1.48. The molecule has 0 amide bonds. The van der Waals surface area contributed by atoms with E-state index < -0.39 is 0 Å². The number of hydrogen-bond acceptors (Lipinski definition) is 4. The third-order valence-electron chi connectivity index (χ3n) is 4.02. The molecule has 0 bridgehead atoms. The third kappa shape index (κ3) is 6.35. The Morgan fingerprint density at radius 1 is 1.23 bits per heavy atom. The van der Waals surface area contributed by atoms with Gasteiger partial charge in [0.05, 0.1) is 12.8 Å². The molecule has 1 heterocycles. The molecule has 0 unspecified atom stereocenters. The number of aromatic nitrogens is 1. The number of rotatable bonds is 7. The maximum absolute atomic E-state index is 6.26. The normalized spacial score (nSPS) is 11.0. The molecular weight excluding hydrogens is 467 g/mol. The van der Waals surface area contributed by atoms with Gasteiger partial charge in [0.1, 0.15) is 11.5 Å². The molecule has 2 N–H and O–H groups in total. The van der Waals surface area contributed by atoms with Crippen molar-refractivity contribution in [3.63, 3.8) is 0 Å². The number of ether oxygens (including phenoxy) is 1. The number of halogens is 2. The first-order valence-electron chi connectivity index (χ1n) is 8.23. The summed E-state index contributed by atoms with van der Waals surface area (Å²) in [6.45, 7) is 5.38. The molecule has 1 aromatic heterocycles. The molecule has 26 heavy (non-hydrogen) atoms. The van der Waals surface area contributed by atoms with Crippen LogP contribution in [0.5, 0.6) is 5.75 Å². The van der Waals surface area contributed by atoms with Gasteiger partial charge in [-0.05, 0) is 44.4 Å². The van der Waals surface area contributed by atoms with Crippen LogP contribution in [0.25, 0.3) is 0 Å². The van der Waals surface area contributed by atoms with Gasteiger partial charge in [0.25, 0.3) is 0 Å². The smallest absolute Gasteiger partial charge is 0.190 e. The van der Waals surface area contributed by atoms with Gasteiger partial charge in [-0.3, -0.25) is 4.99 Å². The molecule has 2 rings (SSSR count). The lowest BCUT2D eigenvalue weighted by atomic mass is 10.1. The van der Waals surface area contributed by atoms with E-state index in [2.05, 4.69) is 20.8 Å². The van der Waals surface area contributed by atoms with Crippen molar-refractivity contribution >= 4 is 41.5 Å². The Morgan fingerprint density at radius 2 is 1.92 bits per heavy atom. The van der Waals surface area contributed by atoms with Crippen LogP contribution >= 0.6 is 35.6 Å². The van der Waals surface area contributed by atoms with Crippen LogP contribution in [-0.2, 0) is 12.8 Å². The number of benzene rings is 1. The Labute approximate surface area is 176 Å².